The minimum atomic E-state index is -1.16. The molecule has 1 rings (SSSR count). The van der Waals surface area contributed by atoms with Crippen molar-refractivity contribution >= 4 is 12.6 Å². The zero-order chi connectivity index (χ0) is 9.30. The Hall–Kier alpha value is 0.890. The van der Waals surface area contributed by atoms with Crippen molar-refractivity contribution in [3.05, 3.63) is 0 Å². The summed E-state index contributed by atoms with van der Waals surface area (Å²) in [7, 11) is 0. The van der Waals surface area contributed by atoms with Gasteiger partial charge in [0.25, 0.3) is 0 Å². The maximum Gasteiger partial charge on any atom is 1.00 e. The van der Waals surface area contributed by atoms with Gasteiger partial charge in [-0.15, -0.1) is 0 Å². The van der Waals surface area contributed by atoms with E-state index in [1.807, 2.05) is 0 Å². The molecule has 1 fully saturated rings. The zero-order valence-corrected chi connectivity index (χ0v) is 9.61. The van der Waals surface area contributed by atoms with E-state index in [0.29, 0.717) is 0 Å². The van der Waals surface area contributed by atoms with E-state index in [4.69, 9.17) is 28.2 Å². The Labute approximate surface area is 97.2 Å². The predicted octanol–water partition coefficient (Wildman–Crippen LogP) is -2.70. The molecular formula is C6H12AuNO4S. The van der Waals surface area contributed by atoms with Crippen molar-refractivity contribution in [1.29, 1.82) is 0 Å². The van der Waals surface area contributed by atoms with Crippen molar-refractivity contribution < 1.29 is 42.4 Å². The van der Waals surface area contributed by atoms with Crippen molar-refractivity contribution in [2.24, 2.45) is 5.73 Å². The quantitative estimate of drug-likeness (QED) is 0.287. The summed E-state index contributed by atoms with van der Waals surface area (Å²) in [5, 5.41) is 27.2. The molecule has 0 amide bonds. The van der Waals surface area contributed by atoms with Crippen LogP contribution in [0.25, 0.3) is 0 Å². The fourth-order valence-corrected chi connectivity index (χ4v) is 1.41. The van der Waals surface area contributed by atoms with Gasteiger partial charge in [0.1, 0.15) is 12.2 Å². The van der Waals surface area contributed by atoms with Crippen LogP contribution >= 0.6 is 0 Å². The number of ether oxygens (including phenoxy) is 1. The molecule has 5 unspecified atom stereocenters. The van der Waals surface area contributed by atoms with Crippen LogP contribution in [0.1, 0.15) is 0 Å². The van der Waals surface area contributed by atoms with E-state index in [1.54, 1.807) is 0 Å². The van der Waals surface area contributed by atoms with E-state index in [-0.39, 0.29) is 29.0 Å². The van der Waals surface area contributed by atoms with E-state index in [9.17, 15) is 10.2 Å². The number of aliphatic hydroxyl groups excluding tert-OH is 3. The van der Waals surface area contributed by atoms with Gasteiger partial charge in [-0.1, -0.05) is 0 Å². The van der Waals surface area contributed by atoms with Crippen LogP contribution in [0, 0.1) is 0 Å². The second-order valence-corrected chi connectivity index (χ2v) is 3.25. The third kappa shape index (κ3) is 2.92. The average molecular weight is 391 g/mol. The number of rotatable bonds is 1. The van der Waals surface area contributed by atoms with Gasteiger partial charge in [0.2, 0.25) is 0 Å². The van der Waals surface area contributed by atoms with Gasteiger partial charge in [-0.3, -0.25) is 0 Å². The number of nitrogens with two attached hydrogens (primary N) is 1. The maximum atomic E-state index is 9.29. The molecule has 5 N–H and O–H groups in total. The Kier molecular flexibility index (Phi) is 6.08. The number of hydrogen-bond donors (Lipinski definition) is 4. The van der Waals surface area contributed by atoms with Gasteiger partial charge in [0.15, 0.2) is 0 Å². The van der Waals surface area contributed by atoms with Crippen molar-refractivity contribution in [2.45, 2.75) is 29.8 Å². The van der Waals surface area contributed by atoms with E-state index < -0.39 is 29.8 Å². The molecular weight excluding hydrogens is 379 g/mol. The second-order valence-electron chi connectivity index (χ2n) is 2.78. The first-order valence-electron chi connectivity index (χ1n) is 3.61. The van der Waals surface area contributed by atoms with Gasteiger partial charge < -0.3 is 38.4 Å². The van der Waals surface area contributed by atoms with Crippen LogP contribution in [0.15, 0.2) is 0 Å². The van der Waals surface area contributed by atoms with Gasteiger partial charge in [0.05, 0.1) is 12.7 Å². The SMILES string of the molecule is NC1C([S-])OC(CO)C(O)C1O.[Au+]. The molecule has 1 heterocycles. The molecule has 5 atom stereocenters. The summed E-state index contributed by atoms with van der Waals surface area (Å²) in [6, 6.07) is -0.780. The van der Waals surface area contributed by atoms with E-state index >= 15 is 0 Å². The number of aliphatic hydroxyl groups is 3. The van der Waals surface area contributed by atoms with Crippen molar-refractivity contribution in [2.75, 3.05) is 6.61 Å². The molecule has 0 aromatic carbocycles. The molecule has 5 nitrogen and oxygen atoms in total. The topological polar surface area (TPSA) is 95.9 Å². The predicted molar refractivity (Wildman–Crippen MR) is 43.1 cm³/mol. The van der Waals surface area contributed by atoms with Crippen molar-refractivity contribution in [3.63, 3.8) is 0 Å². The summed E-state index contributed by atoms with van der Waals surface area (Å²) in [6.07, 6.45) is -3.12. The summed E-state index contributed by atoms with van der Waals surface area (Å²) in [4.78, 5) is 0. The minimum Gasteiger partial charge on any atom is -0.760 e. The first kappa shape index (κ1) is 13.9. The van der Waals surface area contributed by atoms with Gasteiger partial charge in [-0.25, -0.2) is 0 Å². The largest absolute Gasteiger partial charge is 1.00 e. The summed E-state index contributed by atoms with van der Waals surface area (Å²) < 4.78 is 4.96. The van der Waals surface area contributed by atoms with Crippen LogP contribution < -0.4 is 5.73 Å². The summed E-state index contributed by atoms with van der Waals surface area (Å²) in [5.41, 5.74) is 4.64. The number of hydrogen-bond acceptors (Lipinski definition) is 6. The van der Waals surface area contributed by atoms with Crippen molar-refractivity contribution in [3.8, 4) is 0 Å². The van der Waals surface area contributed by atoms with E-state index in [0.717, 1.165) is 0 Å². The Bertz CT molecular complexity index is 159. The fraction of sp³-hybridized carbons (Fsp3) is 1.00. The molecule has 0 saturated carbocycles. The molecule has 0 aromatic rings. The Morgan fingerprint density at radius 1 is 1.31 bits per heavy atom. The molecule has 0 aliphatic carbocycles. The molecule has 0 aromatic heterocycles. The Balaban J connectivity index is 0.00000144. The van der Waals surface area contributed by atoms with Crippen LogP contribution in [0.4, 0.5) is 0 Å². The van der Waals surface area contributed by atoms with Crippen LogP contribution in [-0.2, 0) is 39.7 Å². The first-order valence-corrected chi connectivity index (χ1v) is 4.09. The third-order valence-corrected chi connectivity index (χ3v) is 2.35. The van der Waals surface area contributed by atoms with Crippen LogP contribution in [0.2, 0.25) is 0 Å². The average Bonchev–Trinajstić information content (AvgIpc) is 2.08. The second kappa shape index (κ2) is 5.69. The van der Waals surface area contributed by atoms with E-state index in [2.05, 4.69) is 0 Å². The minimum absolute atomic E-state index is 0. The van der Waals surface area contributed by atoms with Gasteiger partial charge in [-0.05, 0) is 5.44 Å². The zero-order valence-electron chi connectivity index (χ0n) is 6.63. The molecule has 1 saturated heterocycles. The summed E-state index contributed by atoms with van der Waals surface area (Å²) in [6.45, 7) is -0.377. The molecule has 0 bridgehead atoms. The van der Waals surface area contributed by atoms with Crippen LogP contribution in [0.5, 0.6) is 0 Å². The molecule has 1 aliphatic rings. The molecule has 0 radical (unpaired) electrons. The maximum absolute atomic E-state index is 9.29. The van der Waals surface area contributed by atoms with Gasteiger partial charge >= 0.3 is 22.4 Å². The monoisotopic (exact) mass is 391 g/mol. The van der Waals surface area contributed by atoms with Crippen molar-refractivity contribution in [1.82, 2.24) is 0 Å². The molecule has 13 heavy (non-hydrogen) atoms. The smallest absolute Gasteiger partial charge is 0.760 e. The Morgan fingerprint density at radius 3 is 2.31 bits per heavy atom. The van der Waals surface area contributed by atoms with E-state index in [1.165, 1.54) is 0 Å². The van der Waals surface area contributed by atoms with Gasteiger partial charge in [-0.2, -0.15) is 0 Å². The normalized spacial score (nSPS) is 45.5. The standard InChI is InChI=1S/C6H13NO4S.Au/c7-3-5(10)4(9)2(1-8)11-6(3)12;/h2-6,8-10,12H,1,7H2;/q;+1/p-1. The van der Waals surface area contributed by atoms with Crippen LogP contribution in [0.3, 0.4) is 0 Å². The molecule has 82 valence electrons. The third-order valence-electron chi connectivity index (χ3n) is 1.93. The summed E-state index contributed by atoms with van der Waals surface area (Å²) >= 11 is 4.76. The van der Waals surface area contributed by atoms with Gasteiger partial charge in [0, 0.05) is 6.04 Å². The Morgan fingerprint density at radius 2 is 1.85 bits per heavy atom. The molecule has 7 heteroatoms. The summed E-state index contributed by atoms with van der Waals surface area (Å²) in [5.74, 6) is 0. The molecule has 1 aliphatic heterocycles. The molecule has 0 spiro atoms. The first-order chi connectivity index (χ1) is 5.57. The fourth-order valence-electron chi connectivity index (χ4n) is 1.10. The van der Waals surface area contributed by atoms with Crippen LogP contribution in [-0.4, -0.2) is 51.7 Å².